The van der Waals surface area contributed by atoms with Crippen LogP contribution in [0.4, 0.5) is 0 Å². The van der Waals surface area contributed by atoms with Gasteiger partial charge in [0.25, 0.3) is 0 Å². The van der Waals surface area contributed by atoms with Crippen LogP contribution in [0.25, 0.3) is 0 Å². The minimum atomic E-state index is 0. The quantitative estimate of drug-likeness (QED) is 0.578. The molecule has 2 fully saturated rings. The van der Waals surface area contributed by atoms with E-state index in [9.17, 15) is 0 Å². The average molecular weight is 302 g/mol. The van der Waals surface area contributed by atoms with E-state index in [2.05, 4.69) is 4.90 Å². The lowest BCUT2D eigenvalue weighted by Gasteiger charge is -2.34. The Morgan fingerprint density at radius 2 is 0.800 bits per heavy atom. The number of rotatable bonds is 1. The molecule has 1 aliphatic heterocycles. The van der Waals surface area contributed by atoms with E-state index in [0.29, 0.717) is 0 Å². The van der Waals surface area contributed by atoms with Crippen molar-refractivity contribution in [2.45, 2.75) is 102 Å². The minimum Gasteiger partial charge on any atom is -0.300 e. The Morgan fingerprint density at radius 3 is 1.25 bits per heavy atom. The van der Waals surface area contributed by atoms with Gasteiger partial charge >= 0.3 is 0 Å². The fourth-order valence-electron chi connectivity index (χ4n) is 3.97. The van der Waals surface area contributed by atoms with Gasteiger partial charge in [-0.2, -0.15) is 0 Å². The molecule has 0 aromatic carbocycles. The monoisotopic (exact) mass is 301 g/mol. The molecule has 2 heteroatoms. The molecule has 120 valence electrons. The standard InChI is InChI=1S/C18H35N.ClH/c1-2-4-6-8-13-17-19(16-12-7-5-3-1)18-14-10-9-11-15-18;/h18H,1-17H2;1H. The molecule has 20 heavy (non-hydrogen) atoms. The zero-order valence-electron chi connectivity index (χ0n) is 13.5. The molecule has 0 aromatic rings. The summed E-state index contributed by atoms with van der Waals surface area (Å²) in [6, 6.07) is 0.943. The predicted octanol–water partition coefficient (Wildman–Crippen LogP) is 5.96. The zero-order chi connectivity index (χ0) is 13.2. The number of halogens is 1. The van der Waals surface area contributed by atoms with Gasteiger partial charge in [-0.1, -0.05) is 70.6 Å². The van der Waals surface area contributed by atoms with Gasteiger partial charge in [0.05, 0.1) is 0 Å². The second kappa shape index (κ2) is 11.9. The number of hydrogen-bond donors (Lipinski definition) is 0. The van der Waals surface area contributed by atoms with Crippen molar-refractivity contribution in [2.24, 2.45) is 0 Å². The summed E-state index contributed by atoms with van der Waals surface area (Å²) in [5.74, 6) is 0. The molecule has 0 bridgehead atoms. The molecule has 2 rings (SSSR count). The second-order valence-corrected chi connectivity index (χ2v) is 6.86. The Hall–Kier alpha value is 0.250. The summed E-state index contributed by atoms with van der Waals surface area (Å²) in [6.07, 6.45) is 22.2. The fourth-order valence-corrected chi connectivity index (χ4v) is 3.97. The summed E-state index contributed by atoms with van der Waals surface area (Å²) in [7, 11) is 0. The average Bonchev–Trinajstić information content (AvgIpc) is 2.49. The van der Waals surface area contributed by atoms with Gasteiger partial charge in [-0.05, 0) is 38.8 Å². The molecule has 1 heterocycles. The van der Waals surface area contributed by atoms with Crippen molar-refractivity contribution in [3.05, 3.63) is 0 Å². The van der Waals surface area contributed by atoms with Crippen molar-refractivity contribution < 1.29 is 0 Å². The van der Waals surface area contributed by atoms with Gasteiger partial charge in [0, 0.05) is 6.04 Å². The predicted molar refractivity (Wildman–Crippen MR) is 91.9 cm³/mol. The molecule has 0 spiro atoms. The Bertz CT molecular complexity index is 199. The second-order valence-electron chi connectivity index (χ2n) is 6.86. The molecule has 0 aromatic heterocycles. The normalized spacial score (nSPS) is 25.8. The lowest BCUT2D eigenvalue weighted by Crippen LogP contribution is -2.38. The van der Waals surface area contributed by atoms with Gasteiger partial charge in [0.1, 0.15) is 0 Å². The summed E-state index contributed by atoms with van der Waals surface area (Å²) >= 11 is 0. The van der Waals surface area contributed by atoms with Gasteiger partial charge < -0.3 is 4.90 Å². The summed E-state index contributed by atoms with van der Waals surface area (Å²) in [5.41, 5.74) is 0. The van der Waals surface area contributed by atoms with Crippen molar-refractivity contribution in [2.75, 3.05) is 13.1 Å². The molecule has 1 saturated heterocycles. The van der Waals surface area contributed by atoms with Crippen LogP contribution in [0.1, 0.15) is 96.3 Å². The van der Waals surface area contributed by atoms with E-state index in [1.165, 1.54) is 109 Å². The van der Waals surface area contributed by atoms with Gasteiger partial charge in [-0.3, -0.25) is 0 Å². The van der Waals surface area contributed by atoms with E-state index in [1.807, 2.05) is 0 Å². The first-order valence-corrected chi connectivity index (χ1v) is 9.21. The maximum Gasteiger partial charge on any atom is 0.00952 e. The maximum absolute atomic E-state index is 2.87. The summed E-state index contributed by atoms with van der Waals surface area (Å²) in [5, 5.41) is 0. The minimum absolute atomic E-state index is 0. The SMILES string of the molecule is C1CCCCCCN(C2CCCCC2)CCCCC1.Cl. The molecule has 1 aliphatic carbocycles. The molecular formula is C18H36ClN. The van der Waals surface area contributed by atoms with Crippen molar-refractivity contribution >= 4 is 12.4 Å². The first kappa shape index (κ1) is 18.3. The highest BCUT2D eigenvalue weighted by Gasteiger charge is 2.20. The number of hydrogen-bond acceptors (Lipinski definition) is 1. The van der Waals surface area contributed by atoms with E-state index in [-0.39, 0.29) is 12.4 Å². The van der Waals surface area contributed by atoms with Crippen molar-refractivity contribution in [1.29, 1.82) is 0 Å². The Labute approximate surface area is 133 Å². The van der Waals surface area contributed by atoms with Crippen LogP contribution in [0.5, 0.6) is 0 Å². The van der Waals surface area contributed by atoms with Gasteiger partial charge in [-0.15, -0.1) is 12.4 Å². The first-order valence-electron chi connectivity index (χ1n) is 9.21. The summed E-state index contributed by atoms with van der Waals surface area (Å²) in [6.45, 7) is 2.79. The van der Waals surface area contributed by atoms with Gasteiger partial charge in [-0.25, -0.2) is 0 Å². The third kappa shape index (κ3) is 7.31. The van der Waals surface area contributed by atoms with E-state index in [0.717, 1.165) is 6.04 Å². The largest absolute Gasteiger partial charge is 0.300 e. The molecule has 0 amide bonds. The smallest absolute Gasteiger partial charge is 0.00952 e. The van der Waals surface area contributed by atoms with Crippen LogP contribution >= 0.6 is 12.4 Å². The lowest BCUT2D eigenvalue weighted by molar-refractivity contribution is 0.150. The lowest BCUT2D eigenvalue weighted by atomic mass is 9.93. The van der Waals surface area contributed by atoms with Crippen LogP contribution in [0, 0.1) is 0 Å². The molecule has 1 saturated carbocycles. The third-order valence-corrected chi connectivity index (χ3v) is 5.23. The third-order valence-electron chi connectivity index (χ3n) is 5.23. The highest BCUT2D eigenvalue weighted by atomic mass is 35.5. The molecule has 1 nitrogen and oxygen atoms in total. The van der Waals surface area contributed by atoms with E-state index in [1.54, 1.807) is 0 Å². The molecular weight excluding hydrogens is 266 g/mol. The maximum atomic E-state index is 2.87. The zero-order valence-corrected chi connectivity index (χ0v) is 14.3. The molecule has 0 unspecified atom stereocenters. The fraction of sp³-hybridized carbons (Fsp3) is 1.00. The highest BCUT2D eigenvalue weighted by molar-refractivity contribution is 5.85. The van der Waals surface area contributed by atoms with E-state index < -0.39 is 0 Å². The van der Waals surface area contributed by atoms with Gasteiger partial charge in [0.2, 0.25) is 0 Å². The van der Waals surface area contributed by atoms with Crippen LogP contribution in [0.3, 0.4) is 0 Å². The van der Waals surface area contributed by atoms with E-state index >= 15 is 0 Å². The van der Waals surface area contributed by atoms with Crippen molar-refractivity contribution in [3.63, 3.8) is 0 Å². The van der Waals surface area contributed by atoms with Crippen LogP contribution in [-0.2, 0) is 0 Å². The van der Waals surface area contributed by atoms with Crippen molar-refractivity contribution in [3.8, 4) is 0 Å². The van der Waals surface area contributed by atoms with Crippen LogP contribution in [0.15, 0.2) is 0 Å². The Kier molecular flexibility index (Phi) is 10.9. The molecule has 0 N–H and O–H groups in total. The van der Waals surface area contributed by atoms with Crippen LogP contribution in [-0.4, -0.2) is 24.0 Å². The van der Waals surface area contributed by atoms with Crippen LogP contribution in [0.2, 0.25) is 0 Å². The number of nitrogens with zero attached hydrogens (tertiary/aromatic N) is 1. The van der Waals surface area contributed by atoms with E-state index in [4.69, 9.17) is 0 Å². The van der Waals surface area contributed by atoms with Crippen molar-refractivity contribution in [1.82, 2.24) is 4.90 Å². The summed E-state index contributed by atoms with van der Waals surface area (Å²) in [4.78, 5) is 2.87. The Balaban J connectivity index is 0.00000200. The Morgan fingerprint density at radius 1 is 0.450 bits per heavy atom. The molecule has 2 aliphatic rings. The topological polar surface area (TPSA) is 3.24 Å². The molecule has 0 atom stereocenters. The highest BCUT2D eigenvalue weighted by Crippen LogP contribution is 2.24. The van der Waals surface area contributed by atoms with Crippen LogP contribution < -0.4 is 0 Å². The summed E-state index contributed by atoms with van der Waals surface area (Å²) < 4.78 is 0. The van der Waals surface area contributed by atoms with Gasteiger partial charge in [0.15, 0.2) is 0 Å². The first-order chi connectivity index (χ1) is 9.47. The molecule has 0 radical (unpaired) electrons.